The number of halogens is 3. The number of alkyl halides is 1. The molecule has 1 aromatic rings. The predicted octanol–water partition coefficient (Wildman–Crippen LogP) is 7.32. The summed E-state index contributed by atoms with van der Waals surface area (Å²) in [6.07, 6.45) is 10.5. The van der Waals surface area contributed by atoms with Crippen molar-refractivity contribution in [1.82, 2.24) is 0 Å². The van der Waals surface area contributed by atoms with Crippen molar-refractivity contribution in [3.63, 3.8) is 0 Å². The number of rotatable bonds is 3. The maximum absolute atomic E-state index is 4.00. The molecule has 110 valence electrons. The molecule has 0 nitrogen and oxygen atoms in total. The molecule has 0 saturated heterocycles. The first-order valence-electron chi connectivity index (χ1n) is 7.62. The maximum Gasteiger partial charge on any atom is 0.0753 e. The zero-order valence-electron chi connectivity index (χ0n) is 11.4. The summed E-state index contributed by atoms with van der Waals surface area (Å²) in [6.45, 7) is 0. The van der Waals surface area contributed by atoms with Crippen LogP contribution in [0.2, 0.25) is 0 Å². The van der Waals surface area contributed by atoms with E-state index in [2.05, 4.69) is 53.9 Å². The first-order valence-corrected chi connectivity index (χ1v) is 10.9. The number of hydrogen-bond acceptors (Lipinski definition) is 1. The Morgan fingerprint density at radius 1 is 1.10 bits per heavy atom. The summed E-state index contributed by atoms with van der Waals surface area (Å²) in [5, 5.41) is 0. The van der Waals surface area contributed by atoms with E-state index in [9.17, 15) is 0 Å². The van der Waals surface area contributed by atoms with E-state index in [1.807, 2.05) is 0 Å². The molecule has 4 heteroatoms. The largest absolute Gasteiger partial charge is 0.121 e. The van der Waals surface area contributed by atoms with E-state index in [1.54, 1.807) is 30.6 Å². The van der Waals surface area contributed by atoms with Gasteiger partial charge in [0.25, 0.3) is 0 Å². The van der Waals surface area contributed by atoms with Crippen LogP contribution in [0.1, 0.15) is 55.3 Å². The Morgan fingerprint density at radius 3 is 2.10 bits per heavy atom. The Morgan fingerprint density at radius 2 is 1.65 bits per heavy atom. The molecule has 0 aliphatic heterocycles. The highest BCUT2D eigenvalue weighted by atomic mass is 79.9. The van der Waals surface area contributed by atoms with Crippen molar-refractivity contribution in [2.24, 2.45) is 23.2 Å². The third-order valence-corrected chi connectivity index (χ3v) is 9.00. The molecule has 4 bridgehead atoms. The molecule has 1 heterocycles. The standard InChI is InChI=1S/C16H19Br3S/c17-13(12-4-14(18)20-15(12)19)8-16-5-9-1-10(6-16)3-11(2-9)7-16/h4,9-11,13H,1-3,5-8H2. The molecular formula is C16H19Br3S. The van der Waals surface area contributed by atoms with Crippen molar-refractivity contribution >= 4 is 59.1 Å². The van der Waals surface area contributed by atoms with Gasteiger partial charge in [-0.1, -0.05) is 15.9 Å². The molecule has 0 radical (unpaired) electrons. The van der Waals surface area contributed by atoms with Gasteiger partial charge >= 0.3 is 0 Å². The lowest BCUT2D eigenvalue weighted by Gasteiger charge is -2.57. The second-order valence-electron chi connectivity index (χ2n) is 7.37. The highest BCUT2D eigenvalue weighted by molar-refractivity contribution is 9.12. The van der Waals surface area contributed by atoms with Gasteiger partial charge in [0.15, 0.2) is 0 Å². The molecule has 0 spiro atoms. The Balaban J connectivity index is 1.55. The summed E-state index contributed by atoms with van der Waals surface area (Å²) in [5.41, 5.74) is 2.09. The minimum Gasteiger partial charge on any atom is -0.121 e. The summed E-state index contributed by atoms with van der Waals surface area (Å²) in [6, 6.07) is 2.29. The van der Waals surface area contributed by atoms with Crippen LogP contribution in [0.5, 0.6) is 0 Å². The van der Waals surface area contributed by atoms with Crippen molar-refractivity contribution in [1.29, 1.82) is 0 Å². The Hall–Kier alpha value is 1.14. The normalized spacial score (nSPS) is 40.2. The third kappa shape index (κ3) is 2.61. The molecule has 0 N–H and O–H groups in total. The first kappa shape index (κ1) is 14.7. The lowest BCUT2D eigenvalue weighted by Crippen LogP contribution is -2.46. The van der Waals surface area contributed by atoms with Gasteiger partial charge in [0, 0.05) is 4.83 Å². The number of hydrogen-bond donors (Lipinski definition) is 0. The Bertz CT molecular complexity index is 487. The van der Waals surface area contributed by atoms with Gasteiger partial charge in [0.2, 0.25) is 0 Å². The van der Waals surface area contributed by atoms with Crippen LogP contribution in [-0.4, -0.2) is 0 Å². The summed E-state index contributed by atoms with van der Waals surface area (Å²) < 4.78 is 2.52. The summed E-state index contributed by atoms with van der Waals surface area (Å²) in [4.78, 5) is 0.510. The van der Waals surface area contributed by atoms with Crippen molar-refractivity contribution in [2.45, 2.75) is 49.8 Å². The van der Waals surface area contributed by atoms with E-state index >= 15 is 0 Å². The van der Waals surface area contributed by atoms with Crippen LogP contribution in [-0.2, 0) is 0 Å². The lowest BCUT2D eigenvalue weighted by atomic mass is 9.48. The minimum absolute atomic E-state index is 0.510. The van der Waals surface area contributed by atoms with Crippen LogP contribution in [0.25, 0.3) is 0 Å². The van der Waals surface area contributed by atoms with Gasteiger partial charge in [-0.2, -0.15) is 0 Å². The van der Waals surface area contributed by atoms with E-state index in [0.29, 0.717) is 10.2 Å². The van der Waals surface area contributed by atoms with E-state index < -0.39 is 0 Å². The summed E-state index contributed by atoms with van der Waals surface area (Å²) in [7, 11) is 0. The highest BCUT2D eigenvalue weighted by Gasteiger charge is 2.51. The summed E-state index contributed by atoms with van der Waals surface area (Å²) >= 11 is 13.1. The molecule has 4 aliphatic carbocycles. The predicted molar refractivity (Wildman–Crippen MR) is 96.6 cm³/mol. The van der Waals surface area contributed by atoms with Crippen molar-refractivity contribution < 1.29 is 0 Å². The van der Waals surface area contributed by atoms with Gasteiger partial charge in [0.05, 0.1) is 7.57 Å². The van der Waals surface area contributed by atoms with Gasteiger partial charge in [0.1, 0.15) is 0 Å². The van der Waals surface area contributed by atoms with Crippen molar-refractivity contribution in [3.05, 3.63) is 19.2 Å². The van der Waals surface area contributed by atoms with E-state index in [4.69, 9.17) is 0 Å². The molecule has 1 unspecified atom stereocenters. The van der Waals surface area contributed by atoms with Gasteiger partial charge in [-0.25, -0.2) is 0 Å². The van der Waals surface area contributed by atoms with Gasteiger partial charge < -0.3 is 0 Å². The first-order chi connectivity index (χ1) is 9.53. The fourth-order valence-electron chi connectivity index (χ4n) is 5.60. The third-order valence-electron chi connectivity index (χ3n) is 5.80. The molecular weight excluding hydrogens is 464 g/mol. The molecule has 0 aromatic carbocycles. The zero-order valence-corrected chi connectivity index (χ0v) is 17.0. The second kappa shape index (κ2) is 5.35. The Labute approximate surface area is 150 Å². The fourth-order valence-corrected chi connectivity index (χ4v) is 10.1. The molecule has 20 heavy (non-hydrogen) atoms. The Kier molecular flexibility index (Phi) is 3.94. The highest BCUT2D eigenvalue weighted by Crippen LogP contribution is 2.63. The quantitative estimate of drug-likeness (QED) is 0.396. The fraction of sp³-hybridized carbons (Fsp3) is 0.750. The van der Waals surface area contributed by atoms with Gasteiger partial charge in [-0.05, 0) is 112 Å². The van der Waals surface area contributed by atoms with Crippen LogP contribution in [0.4, 0.5) is 0 Å². The van der Waals surface area contributed by atoms with Crippen molar-refractivity contribution in [3.8, 4) is 0 Å². The molecule has 4 aliphatic rings. The maximum atomic E-state index is 4.00. The minimum atomic E-state index is 0.510. The lowest BCUT2D eigenvalue weighted by molar-refractivity contribution is -0.0571. The second-order valence-corrected chi connectivity index (χ2v) is 12.2. The van der Waals surface area contributed by atoms with Crippen LogP contribution in [0.15, 0.2) is 13.6 Å². The van der Waals surface area contributed by atoms with Gasteiger partial charge in [-0.15, -0.1) is 11.3 Å². The topological polar surface area (TPSA) is 0 Å². The van der Waals surface area contributed by atoms with E-state index in [0.717, 1.165) is 17.8 Å². The van der Waals surface area contributed by atoms with Crippen LogP contribution in [0.3, 0.4) is 0 Å². The molecule has 4 fully saturated rings. The zero-order chi connectivity index (χ0) is 13.9. The summed E-state index contributed by atoms with van der Waals surface area (Å²) in [5.74, 6) is 3.16. The SMILES string of the molecule is Brc1cc(C(Br)CC23CC4CC(CC(C4)C2)C3)c(Br)s1. The monoisotopic (exact) mass is 480 g/mol. The van der Waals surface area contributed by atoms with Crippen LogP contribution in [0, 0.1) is 23.2 Å². The molecule has 1 aromatic heterocycles. The number of thiophene rings is 1. The van der Waals surface area contributed by atoms with E-state index in [1.165, 1.54) is 38.8 Å². The van der Waals surface area contributed by atoms with Crippen LogP contribution >= 0.6 is 59.1 Å². The van der Waals surface area contributed by atoms with Crippen molar-refractivity contribution in [2.75, 3.05) is 0 Å². The average molecular weight is 483 g/mol. The molecule has 0 amide bonds. The van der Waals surface area contributed by atoms with Crippen LogP contribution < -0.4 is 0 Å². The molecule has 1 atom stereocenters. The molecule has 4 saturated carbocycles. The smallest absolute Gasteiger partial charge is 0.0753 e. The molecule has 5 rings (SSSR count). The van der Waals surface area contributed by atoms with Gasteiger partial charge in [-0.3, -0.25) is 0 Å². The van der Waals surface area contributed by atoms with E-state index in [-0.39, 0.29) is 0 Å². The average Bonchev–Trinajstić information content (AvgIpc) is 2.66.